The number of benzene rings is 2. The topological polar surface area (TPSA) is 95.3 Å². The van der Waals surface area contributed by atoms with E-state index >= 15 is 0 Å². The Hall–Kier alpha value is -3.74. The molecule has 0 aliphatic rings. The van der Waals surface area contributed by atoms with Crippen LogP contribution in [0.1, 0.15) is 16.2 Å². The molecule has 0 radical (unpaired) electrons. The van der Waals surface area contributed by atoms with Crippen LogP contribution < -0.4 is 11.3 Å². The van der Waals surface area contributed by atoms with Gasteiger partial charge in [-0.15, -0.1) is 5.10 Å². The first-order chi connectivity index (χ1) is 12.1. The summed E-state index contributed by atoms with van der Waals surface area (Å²) in [5.74, 6) is -0.118. The van der Waals surface area contributed by atoms with E-state index in [-0.39, 0.29) is 23.2 Å². The SMILES string of the molecule is Nc1cc(=O)n2c(C(=O)c3ccccc3)nn(-c3ccccc3)c2n1. The first-order valence-corrected chi connectivity index (χ1v) is 7.58. The molecule has 0 amide bonds. The van der Waals surface area contributed by atoms with Gasteiger partial charge >= 0.3 is 0 Å². The molecule has 25 heavy (non-hydrogen) atoms. The van der Waals surface area contributed by atoms with Crippen molar-refractivity contribution in [2.45, 2.75) is 0 Å². The van der Waals surface area contributed by atoms with E-state index in [4.69, 9.17) is 5.73 Å². The molecule has 7 heteroatoms. The average Bonchev–Trinajstić information content (AvgIpc) is 3.02. The third-order valence-electron chi connectivity index (χ3n) is 3.76. The van der Waals surface area contributed by atoms with Crippen molar-refractivity contribution in [2.24, 2.45) is 0 Å². The number of rotatable bonds is 3. The highest BCUT2D eigenvalue weighted by molar-refractivity contribution is 6.06. The highest BCUT2D eigenvalue weighted by Gasteiger charge is 2.21. The number of anilines is 1. The number of hydrogen-bond donors (Lipinski definition) is 1. The van der Waals surface area contributed by atoms with Gasteiger partial charge in [0, 0.05) is 11.6 Å². The van der Waals surface area contributed by atoms with Gasteiger partial charge in [0.05, 0.1) is 5.69 Å². The number of carbonyl (C=O) groups excluding carboxylic acids is 1. The maximum atomic E-state index is 12.8. The van der Waals surface area contributed by atoms with E-state index in [0.717, 1.165) is 0 Å². The summed E-state index contributed by atoms with van der Waals surface area (Å²) in [6.45, 7) is 0. The molecule has 0 atom stereocenters. The highest BCUT2D eigenvalue weighted by atomic mass is 16.1. The van der Waals surface area contributed by atoms with Gasteiger partial charge in [-0.2, -0.15) is 9.67 Å². The molecule has 0 saturated heterocycles. The van der Waals surface area contributed by atoms with Gasteiger partial charge in [0.2, 0.25) is 17.4 Å². The largest absolute Gasteiger partial charge is 0.383 e. The van der Waals surface area contributed by atoms with Crippen molar-refractivity contribution in [3.8, 4) is 5.69 Å². The molecule has 0 aliphatic heterocycles. The highest BCUT2D eigenvalue weighted by Crippen LogP contribution is 2.15. The molecule has 4 rings (SSSR count). The number of ketones is 1. The Labute approximate surface area is 142 Å². The molecule has 0 unspecified atom stereocenters. The van der Waals surface area contributed by atoms with E-state index < -0.39 is 5.56 Å². The van der Waals surface area contributed by atoms with Crippen molar-refractivity contribution >= 4 is 17.4 Å². The molecule has 0 bridgehead atoms. The van der Waals surface area contributed by atoms with Gasteiger partial charge < -0.3 is 5.73 Å². The Kier molecular flexibility index (Phi) is 3.39. The lowest BCUT2D eigenvalue weighted by atomic mass is 10.1. The molecule has 0 fully saturated rings. The number of aromatic nitrogens is 4. The van der Waals surface area contributed by atoms with Crippen molar-refractivity contribution in [2.75, 3.05) is 5.73 Å². The molecule has 2 aromatic carbocycles. The quantitative estimate of drug-likeness (QED) is 0.576. The molecule has 0 saturated carbocycles. The van der Waals surface area contributed by atoms with Crippen LogP contribution in [0.3, 0.4) is 0 Å². The molecule has 2 heterocycles. The van der Waals surface area contributed by atoms with Crippen molar-refractivity contribution in [3.05, 3.63) is 88.5 Å². The summed E-state index contributed by atoms with van der Waals surface area (Å²) in [5, 5.41) is 4.35. The van der Waals surface area contributed by atoms with Crippen LogP contribution in [0.15, 0.2) is 71.5 Å². The van der Waals surface area contributed by atoms with Gasteiger partial charge in [-0.05, 0) is 12.1 Å². The van der Waals surface area contributed by atoms with E-state index in [1.54, 1.807) is 36.4 Å². The Bertz CT molecular complexity index is 1130. The van der Waals surface area contributed by atoms with Crippen LogP contribution in [0, 0.1) is 0 Å². The zero-order chi connectivity index (χ0) is 17.4. The maximum absolute atomic E-state index is 12.8. The second kappa shape index (κ2) is 5.72. The molecule has 4 aromatic rings. The fourth-order valence-corrected chi connectivity index (χ4v) is 2.62. The lowest BCUT2D eigenvalue weighted by molar-refractivity contribution is 0.102. The van der Waals surface area contributed by atoms with Crippen molar-refractivity contribution in [3.63, 3.8) is 0 Å². The summed E-state index contributed by atoms with van der Waals surface area (Å²) >= 11 is 0. The van der Waals surface area contributed by atoms with Crippen molar-refractivity contribution in [1.29, 1.82) is 0 Å². The number of para-hydroxylation sites is 1. The molecular weight excluding hydrogens is 318 g/mol. The Morgan fingerprint density at radius 3 is 2.28 bits per heavy atom. The monoisotopic (exact) mass is 331 g/mol. The Balaban J connectivity index is 2.03. The van der Waals surface area contributed by atoms with Crippen LogP contribution in [-0.4, -0.2) is 24.9 Å². The molecule has 7 nitrogen and oxygen atoms in total. The number of fused-ring (bicyclic) bond motifs is 1. The maximum Gasteiger partial charge on any atom is 0.263 e. The number of nitrogens with two attached hydrogens (primary N) is 1. The molecule has 0 spiro atoms. The van der Waals surface area contributed by atoms with E-state index in [1.165, 1.54) is 15.1 Å². The van der Waals surface area contributed by atoms with Gasteiger partial charge in [0.1, 0.15) is 5.82 Å². The van der Waals surface area contributed by atoms with Gasteiger partial charge in [0.25, 0.3) is 5.56 Å². The lowest BCUT2D eigenvalue weighted by Gasteiger charge is -2.01. The Morgan fingerprint density at radius 1 is 0.960 bits per heavy atom. The van der Waals surface area contributed by atoms with Gasteiger partial charge in [-0.3, -0.25) is 9.59 Å². The summed E-state index contributed by atoms with van der Waals surface area (Å²) in [6.07, 6.45) is 0. The zero-order valence-electron chi connectivity index (χ0n) is 13.0. The van der Waals surface area contributed by atoms with Crippen LogP contribution in [-0.2, 0) is 0 Å². The summed E-state index contributed by atoms with van der Waals surface area (Å²) in [6, 6.07) is 19.0. The van der Waals surface area contributed by atoms with Crippen molar-refractivity contribution in [1.82, 2.24) is 19.2 Å². The second-order valence-electron chi connectivity index (χ2n) is 5.42. The van der Waals surface area contributed by atoms with Crippen LogP contribution in [0.5, 0.6) is 0 Å². The molecule has 0 aliphatic carbocycles. The smallest absolute Gasteiger partial charge is 0.263 e. The lowest BCUT2D eigenvalue weighted by Crippen LogP contribution is -2.19. The van der Waals surface area contributed by atoms with E-state index in [2.05, 4.69) is 10.1 Å². The fourth-order valence-electron chi connectivity index (χ4n) is 2.62. The van der Waals surface area contributed by atoms with E-state index in [9.17, 15) is 9.59 Å². The predicted molar refractivity (Wildman–Crippen MR) is 92.9 cm³/mol. The van der Waals surface area contributed by atoms with Crippen LogP contribution in [0.4, 0.5) is 5.82 Å². The number of carbonyl (C=O) groups is 1. The first kappa shape index (κ1) is 14.8. The molecule has 122 valence electrons. The number of hydrogen-bond acceptors (Lipinski definition) is 5. The summed E-state index contributed by atoms with van der Waals surface area (Å²) < 4.78 is 2.62. The normalized spacial score (nSPS) is 10.9. The summed E-state index contributed by atoms with van der Waals surface area (Å²) in [4.78, 5) is 29.5. The minimum atomic E-state index is -0.455. The number of nitrogens with zero attached hydrogens (tertiary/aromatic N) is 4. The van der Waals surface area contributed by atoms with E-state index in [0.29, 0.717) is 11.3 Å². The Morgan fingerprint density at radius 2 is 1.60 bits per heavy atom. The molecular formula is C18H13N5O2. The zero-order valence-corrected chi connectivity index (χ0v) is 13.0. The average molecular weight is 331 g/mol. The minimum absolute atomic E-state index is 0.0115. The molecule has 2 N–H and O–H groups in total. The third kappa shape index (κ3) is 2.47. The number of nitrogen functional groups attached to an aromatic ring is 1. The van der Waals surface area contributed by atoms with Crippen LogP contribution >= 0.6 is 0 Å². The fraction of sp³-hybridized carbons (Fsp3) is 0. The minimum Gasteiger partial charge on any atom is -0.383 e. The summed E-state index contributed by atoms with van der Waals surface area (Å²) in [5.41, 5.74) is 6.37. The summed E-state index contributed by atoms with van der Waals surface area (Å²) in [7, 11) is 0. The third-order valence-corrected chi connectivity index (χ3v) is 3.76. The van der Waals surface area contributed by atoms with Crippen LogP contribution in [0.2, 0.25) is 0 Å². The molecule has 2 aromatic heterocycles. The predicted octanol–water partition coefficient (Wildman–Crippen LogP) is 1.69. The van der Waals surface area contributed by atoms with Gasteiger partial charge in [-0.25, -0.2) is 4.40 Å². The van der Waals surface area contributed by atoms with Gasteiger partial charge in [0.15, 0.2) is 0 Å². The van der Waals surface area contributed by atoms with E-state index in [1.807, 2.05) is 24.3 Å². The van der Waals surface area contributed by atoms with Gasteiger partial charge in [-0.1, -0.05) is 48.5 Å². The first-order valence-electron chi connectivity index (χ1n) is 7.58. The second-order valence-corrected chi connectivity index (χ2v) is 5.42. The van der Waals surface area contributed by atoms with Crippen molar-refractivity contribution < 1.29 is 4.79 Å². The standard InChI is InChI=1S/C18H13N5O2/c19-14-11-15(24)22-17(16(25)12-7-3-1-4-8-12)21-23(18(22)20-14)13-9-5-2-6-10-13/h1-11H,19H2. The van der Waals surface area contributed by atoms with Crippen LogP contribution in [0.25, 0.3) is 11.5 Å².